The third-order valence-electron chi connectivity index (χ3n) is 2.98. The van der Waals surface area contributed by atoms with E-state index in [1.807, 2.05) is 0 Å². The lowest BCUT2D eigenvalue weighted by molar-refractivity contribution is -0.137. The maximum atomic E-state index is 12.5. The number of nitrogens with zero attached hydrogens (tertiary/aromatic N) is 1. The molecule has 2 rings (SSSR count). The molecule has 8 heteroatoms. The maximum absolute atomic E-state index is 12.5. The van der Waals surface area contributed by atoms with Crippen LogP contribution in [0, 0.1) is 5.92 Å². The van der Waals surface area contributed by atoms with Crippen molar-refractivity contribution >= 4 is 10.0 Å². The summed E-state index contributed by atoms with van der Waals surface area (Å²) in [7, 11) is -3.91. The predicted molar refractivity (Wildman–Crippen MR) is 60.8 cm³/mol. The van der Waals surface area contributed by atoms with Gasteiger partial charge >= 0.3 is 6.18 Å². The molecule has 1 aromatic rings. The van der Waals surface area contributed by atoms with Gasteiger partial charge in [0.05, 0.1) is 10.5 Å². The Kier molecular flexibility index (Phi) is 3.59. The zero-order valence-electron chi connectivity index (χ0n) is 9.76. The number of hydrogen-bond donors (Lipinski definition) is 1. The molecule has 0 unspecified atom stereocenters. The van der Waals surface area contributed by atoms with E-state index < -0.39 is 21.8 Å². The monoisotopic (exact) mass is 295 g/mol. The van der Waals surface area contributed by atoms with Gasteiger partial charge in [-0.3, -0.25) is 0 Å². The van der Waals surface area contributed by atoms with Crippen molar-refractivity contribution < 1.29 is 26.7 Å². The highest BCUT2D eigenvalue weighted by Gasteiger charge is 2.37. The molecule has 1 aromatic carbocycles. The zero-order chi connectivity index (χ0) is 14.3. The smallest absolute Gasteiger partial charge is 0.396 e. The summed E-state index contributed by atoms with van der Waals surface area (Å²) in [5.74, 6) is -0.138. The first-order valence-electron chi connectivity index (χ1n) is 5.53. The molecule has 0 saturated carbocycles. The predicted octanol–water partition coefficient (Wildman–Crippen LogP) is 1.32. The lowest BCUT2D eigenvalue weighted by Gasteiger charge is -2.36. The standard InChI is InChI=1S/C11H12F3NO3S/c12-11(13,14)9-2-1-3-10(4-9)19(17,18)15-5-8(6-15)7-16/h1-4,8,16H,5-7H2. The summed E-state index contributed by atoms with van der Waals surface area (Å²) in [4.78, 5) is -0.376. The van der Waals surface area contributed by atoms with Crippen LogP contribution in [0.1, 0.15) is 5.56 Å². The normalized spacial score (nSPS) is 18.3. The molecule has 0 amide bonds. The van der Waals surface area contributed by atoms with Gasteiger partial charge in [0.2, 0.25) is 10.0 Å². The molecular weight excluding hydrogens is 283 g/mol. The Labute approximate surface area is 108 Å². The topological polar surface area (TPSA) is 57.6 Å². The second-order valence-electron chi connectivity index (χ2n) is 4.40. The van der Waals surface area contributed by atoms with Gasteiger partial charge in [0.1, 0.15) is 0 Å². The molecule has 1 saturated heterocycles. The SMILES string of the molecule is O=S(=O)(c1cccc(C(F)(F)F)c1)N1CC(CO)C1. The number of benzene rings is 1. The average molecular weight is 295 g/mol. The van der Waals surface area contributed by atoms with E-state index in [0.717, 1.165) is 22.5 Å². The number of aliphatic hydroxyl groups is 1. The lowest BCUT2D eigenvalue weighted by atomic mass is 10.1. The second-order valence-corrected chi connectivity index (χ2v) is 6.33. The van der Waals surface area contributed by atoms with E-state index in [2.05, 4.69) is 0 Å². The summed E-state index contributed by atoms with van der Waals surface area (Å²) in [5.41, 5.74) is -0.993. The van der Waals surface area contributed by atoms with Gasteiger partial charge in [-0.1, -0.05) is 6.07 Å². The first kappa shape index (κ1) is 14.3. The molecule has 1 heterocycles. The molecule has 0 bridgehead atoms. The fraction of sp³-hybridized carbons (Fsp3) is 0.455. The minimum atomic E-state index is -4.58. The van der Waals surface area contributed by atoms with Crippen molar-refractivity contribution in [1.29, 1.82) is 0 Å². The minimum Gasteiger partial charge on any atom is -0.396 e. The van der Waals surface area contributed by atoms with Gasteiger partial charge in [0, 0.05) is 25.6 Å². The van der Waals surface area contributed by atoms with Gasteiger partial charge in [-0.15, -0.1) is 0 Å². The van der Waals surface area contributed by atoms with Crippen LogP contribution in [0.5, 0.6) is 0 Å². The molecule has 0 spiro atoms. The van der Waals surface area contributed by atoms with Gasteiger partial charge in [0.25, 0.3) is 0 Å². The van der Waals surface area contributed by atoms with Crippen LogP contribution < -0.4 is 0 Å². The highest BCUT2D eigenvalue weighted by molar-refractivity contribution is 7.89. The Hall–Kier alpha value is -1.12. The summed E-state index contributed by atoms with van der Waals surface area (Å²) in [5, 5.41) is 8.82. The summed E-state index contributed by atoms with van der Waals surface area (Å²) in [6, 6.07) is 3.66. The molecule has 106 valence electrons. The van der Waals surface area contributed by atoms with Crippen molar-refractivity contribution in [2.45, 2.75) is 11.1 Å². The number of aliphatic hydroxyl groups excluding tert-OH is 1. The quantitative estimate of drug-likeness (QED) is 0.915. The van der Waals surface area contributed by atoms with Crippen molar-refractivity contribution in [1.82, 2.24) is 4.31 Å². The minimum absolute atomic E-state index is 0.130. The van der Waals surface area contributed by atoms with Crippen LogP contribution in [-0.4, -0.2) is 37.5 Å². The fourth-order valence-electron chi connectivity index (χ4n) is 1.82. The first-order valence-corrected chi connectivity index (χ1v) is 6.97. The highest BCUT2D eigenvalue weighted by Crippen LogP contribution is 2.32. The van der Waals surface area contributed by atoms with Crippen LogP contribution in [0.2, 0.25) is 0 Å². The summed E-state index contributed by atoms with van der Waals surface area (Å²) in [6.45, 7) is 0.138. The summed E-state index contributed by atoms with van der Waals surface area (Å²) < 4.78 is 62.7. The first-order chi connectivity index (χ1) is 8.75. The van der Waals surface area contributed by atoms with Crippen LogP contribution in [0.4, 0.5) is 13.2 Å². The van der Waals surface area contributed by atoms with Gasteiger partial charge in [-0.2, -0.15) is 17.5 Å². The Morgan fingerprint density at radius 2 is 1.95 bits per heavy atom. The molecule has 0 atom stereocenters. The molecule has 1 N–H and O–H groups in total. The van der Waals surface area contributed by atoms with E-state index in [9.17, 15) is 21.6 Å². The molecule has 19 heavy (non-hydrogen) atoms. The molecule has 1 aliphatic heterocycles. The van der Waals surface area contributed by atoms with Crippen LogP contribution in [-0.2, 0) is 16.2 Å². The highest BCUT2D eigenvalue weighted by atomic mass is 32.2. The molecular formula is C11H12F3NO3S. The van der Waals surface area contributed by atoms with Crippen molar-refractivity contribution in [2.75, 3.05) is 19.7 Å². The Morgan fingerprint density at radius 3 is 2.47 bits per heavy atom. The summed E-state index contributed by atoms with van der Waals surface area (Å²) in [6.07, 6.45) is -4.58. The van der Waals surface area contributed by atoms with E-state index >= 15 is 0 Å². The molecule has 0 radical (unpaired) electrons. The maximum Gasteiger partial charge on any atom is 0.416 e. The van der Waals surface area contributed by atoms with E-state index in [1.54, 1.807) is 0 Å². The number of sulfonamides is 1. The van der Waals surface area contributed by atoms with Crippen molar-refractivity contribution in [3.05, 3.63) is 29.8 Å². The van der Waals surface area contributed by atoms with Crippen molar-refractivity contribution in [3.63, 3.8) is 0 Å². The number of rotatable bonds is 3. The third-order valence-corrected chi connectivity index (χ3v) is 4.81. The summed E-state index contributed by atoms with van der Waals surface area (Å²) >= 11 is 0. The zero-order valence-corrected chi connectivity index (χ0v) is 10.6. The van der Waals surface area contributed by atoms with Gasteiger partial charge in [-0.05, 0) is 18.2 Å². The van der Waals surface area contributed by atoms with Crippen molar-refractivity contribution in [3.8, 4) is 0 Å². The number of hydrogen-bond acceptors (Lipinski definition) is 3. The van der Waals surface area contributed by atoms with Crippen molar-refractivity contribution in [2.24, 2.45) is 5.92 Å². The largest absolute Gasteiger partial charge is 0.416 e. The Bertz CT molecular complexity index is 565. The average Bonchev–Trinajstić information content (AvgIpc) is 2.26. The van der Waals surface area contributed by atoms with E-state index in [1.165, 1.54) is 0 Å². The molecule has 1 aliphatic rings. The molecule has 0 aliphatic carbocycles. The molecule has 4 nitrogen and oxygen atoms in total. The Morgan fingerprint density at radius 1 is 1.32 bits per heavy atom. The number of halogens is 3. The van der Waals surface area contributed by atoms with E-state index in [4.69, 9.17) is 5.11 Å². The second kappa shape index (κ2) is 4.77. The third kappa shape index (κ3) is 2.75. The molecule has 0 aromatic heterocycles. The fourth-order valence-corrected chi connectivity index (χ4v) is 3.45. The van der Waals surface area contributed by atoms with Gasteiger partial charge in [0.15, 0.2) is 0 Å². The number of alkyl halides is 3. The van der Waals surface area contributed by atoms with Gasteiger partial charge in [-0.25, -0.2) is 8.42 Å². The van der Waals surface area contributed by atoms with Crippen LogP contribution >= 0.6 is 0 Å². The van der Waals surface area contributed by atoms with Crippen LogP contribution in [0.3, 0.4) is 0 Å². The van der Waals surface area contributed by atoms with E-state index in [0.29, 0.717) is 6.07 Å². The van der Waals surface area contributed by atoms with E-state index in [-0.39, 0.29) is 30.5 Å². The lowest BCUT2D eigenvalue weighted by Crippen LogP contribution is -2.51. The van der Waals surface area contributed by atoms with Crippen LogP contribution in [0.25, 0.3) is 0 Å². The van der Waals surface area contributed by atoms with Gasteiger partial charge < -0.3 is 5.11 Å². The Balaban J connectivity index is 2.27. The van der Waals surface area contributed by atoms with Crippen LogP contribution in [0.15, 0.2) is 29.2 Å². The molecule has 1 fully saturated rings.